The van der Waals surface area contributed by atoms with E-state index in [0.717, 1.165) is 32.6 Å². The van der Waals surface area contributed by atoms with Gasteiger partial charge in [0.25, 0.3) is 0 Å². The van der Waals surface area contributed by atoms with Gasteiger partial charge >= 0.3 is 0 Å². The molecule has 6 heteroatoms. The second-order valence-electron chi connectivity index (χ2n) is 7.22. The zero-order valence-corrected chi connectivity index (χ0v) is 14.8. The Hall–Kier alpha value is -1.63. The topological polar surface area (TPSA) is 67.2 Å². The molecule has 2 aliphatic rings. The molecule has 2 aliphatic heterocycles. The Labute approximate surface area is 149 Å². The molecule has 1 aromatic rings. The van der Waals surface area contributed by atoms with Crippen LogP contribution in [0, 0.1) is 0 Å². The molecule has 0 aromatic heterocycles. The number of amides is 1. The molecule has 25 heavy (non-hydrogen) atoms. The van der Waals surface area contributed by atoms with E-state index in [0.29, 0.717) is 32.5 Å². The van der Waals surface area contributed by atoms with Crippen LogP contribution in [0.1, 0.15) is 19.3 Å². The third kappa shape index (κ3) is 4.71. The fraction of sp³-hybridized carbons (Fsp3) is 0.632. The van der Waals surface area contributed by atoms with Gasteiger partial charge in [-0.25, -0.2) is 0 Å². The predicted octanol–water partition coefficient (Wildman–Crippen LogP) is 0.544. The molecule has 1 atom stereocenters. The van der Waals surface area contributed by atoms with E-state index in [1.54, 1.807) is 4.90 Å². The summed E-state index contributed by atoms with van der Waals surface area (Å²) >= 11 is 0. The van der Waals surface area contributed by atoms with Crippen LogP contribution in [-0.4, -0.2) is 83.9 Å². The van der Waals surface area contributed by atoms with Crippen LogP contribution in [0.3, 0.4) is 0 Å². The van der Waals surface area contributed by atoms with E-state index in [-0.39, 0.29) is 5.91 Å². The fourth-order valence-electron chi connectivity index (χ4n) is 3.91. The van der Waals surface area contributed by atoms with Crippen molar-refractivity contribution in [2.24, 2.45) is 0 Å². The van der Waals surface area contributed by atoms with Crippen LogP contribution in [-0.2, 0) is 4.79 Å². The van der Waals surface area contributed by atoms with Crippen LogP contribution < -0.4 is 4.90 Å². The van der Waals surface area contributed by atoms with Crippen molar-refractivity contribution in [3.63, 3.8) is 0 Å². The molecule has 6 nitrogen and oxygen atoms in total. The summed E-state index contributed by atoms with van der Waals surface area (Å²) in [5.74, 6) is -0.235. The van der Waals surface area contributed by atoms with E-state index in [1.165, 1.54) is 5.69 Å². The SMILES string of the molecule is O=C(CO)N1CCC[C@@](O)(CN2CCN(c3ccccc3)CC2)CC1. The maximum absolute atomic E-state index is 11.7. The number of aliphatic hydroxyl groups excluding tert-OH is 1. The van der Waals surface area contributed by atoms with Gasteiger partial charge in [-0.1, -0.05) is 18.2 Å². The van der Waals surface area contributed by atoms with Crippen LogP contribution in [0.2, 0.25) is 0 Å². The molecule has 1 aromatic carbocycles. The maximum atomic E-state index is 11.7. The van der Waals surface area contributed by atoms with E-state index in [4.69, 9.17) is 5.11 Å². The first kappa shape index (κ1) is 18.2. The molecule has 0 unspecified atom stereocenters. The van der Waals surface area contributed by atoms with E-state index in [9.17, 15) is 9.90 Å². The molecule has 1 amide bonds. The van der Waals surface area contributed by atoms with Crippen LogP contribution in [0.15, 0.2) is 30.3 Å². The summed E-state index contributed by atoms with van der Waals surface area (Å²) in [5.41, 5.74) is 0.521. The van der Waals surface area contributed by atoms with Crippen molar-refractivity contribution in [3.05, 3.63) is 30.3 Å². The minimum Gasteiger partial charge on any atom is -0.388 e. The number of likely N-dealkylation sites (tertiary alicyclic amines) is 1. The third-order valence-electron chi connectivity index (χ3n) is 5.42. The summed E-state index contributed by atoms with van der Waals surface area (Å²) in [6.45, 7) is 5.19. The molecule has 0 saturated carbocycles. The van der Waals surface area contributed by atoms with Crippen molar-refractivity contribution in [1.82, 2.24) is 9.80 Å². The second kappa shape index (κ2) is 8.17. The van der Waals surface area contributed by atoms with E-state index < -0.39 is 12.2 Å². The lowest BCUT2D eigenvalue weighted by Crippen LogP contribution is -2.52. The van der Waals surface area contributed by atoms with Crippen LogP contribution in [0.5, 0.6) is 0 Å². The normalized spacial score (nSPS) is 25.7. The summed E-state index contributed by atoms with van der Waals surface area (Å²) in [7, 11) is 0. The third-order valence-corrected chi connectivity index (χ3v) is 5.42. The summed E-state index contributed by atoms with van der Waals surface area (Å²) in [6, 6.07) is 10.4. The molecule has 0 radical (unpaired) electrons. The number of β-amino-alcohol motifs (C(OH)–C–C–N with tert-alkyl or cyclic N) is 1. The lowest BCUT2D eigenvalue weighted by atomic mass is 9.94. The van der Waals surface area contributed by atoms with Gasteiger partial charge in [-0.05, 0) is 31.4 Å². The van der Waals surface area contributed by atoms with Gasteiger partial charge in [-0.2, -0.15) is 0 Å². The number of aliphatic hydroxyl groups is 2. The molecule has 0 spiro atoms. The van der Waals surface area contributed by atoms with Gasteiger partial charge in [0, 0.05) is 51.5 Å². The fourth-order valence-corrected chi connectivity index (χ4v) is 3.91. The highest BCUT2D eigenvalue weighted by atomic mass is 16.3. The average Bonchev–Trinajstić information content (AvgIpc) is 2.84. The predicted molar refractivity (Wildman–Crippen MR) is 97.6 cm³/mol. The Morgan fingerprint density at radius 1 is 1.00 bits per heavy atom. The molecular formula is C19H29N3O3. The van der Waals surface area contributed by atoms with Crippen molar-refractivity contribution < 1.29 is 15.0 Å². The first-order chi connectivity index (χ1) is 12.1. The zero-order valence-electron chi connectivity index (χ0n) is 14.8. The van der Waals surface area contributed by atoms with Gasteiger partial charge in [0.05, 0.1) is 5.60 Å². The minimum atomic E-state index is -0.737. The van der Waals surface area contributed by atoms with Gasteiger partial charge in [0.1, 0.15) is 6.61 Å². The van der Waals surface area contributed by atoms with Gasteiger partial charge in [-0.3, -0.25) is 9.69 Å². The Morgan fingerprint density at radius 3 is 2.40 bits per heavy atom. The standard InChI is InChI=1S/C19H29N3O3/c23-15-18(24)22-9-4-7-19(25,8-10-22)16-20-11-13-21(14-12-20)17-5-2-1-3-6-17/h1-3,5-6,23,25H,4,7-16H2/t19-/m0/s1. The van der Waals surface area contributed by atoms with Gasteiger partial charge in [-0.15, -0.1) is 0 Å². The number of para-hydroxylation sites is 1. The van der Waals surface area contributed by atoms with Crippen LogP contribution in [0.4, 0.5) is 5.69 Å². The van der Waals surface area contributed by atoms with Crippen molar-refractivity contribution in [3.8, 4) is 0 Å². The largest absolute Gasteiger partial charge is 0.388 e. The van der Waals surface area contributed by atoms with Crippen molar-refractivity contribution >= 4 is 11.6 Å². The van der Waals surface area contributed by atoms with E-state index >= 15 is 0 Å². The second-order valence-corrected chi connectivity index (χ2v) is 7.22. The number of carbonyl (C=O) groups is 1. The highest BCUT2D eigenvalue weighted by Gasteiger charge is 2.34. The molecule has 0 bridgehead atoms. The zero-order chi connectivity index (χ0) is 17.7. The van der Waals surface area contributed by atoms with Gasteiger partial charge in [0.2, 0.25) is 5.91 Å². The minimum absolute atomic E-state index is 0.235. The number of rotatable bonds is 4. The summed E-state index contributed by atoms with van der Waals surface area (Å²) in [4.78, 5) is 18.1. The van der Waals surface area contributed by atoms with Gasteiger partial charge in [0.15, 0.2) is 0 Å². The highest BCUT2D eigenvalue weighted by Crippen LogP contribution is 2.25. The van der Waals surface area contributed by atoms with E-state index in [2.05, 4.69) is 34.1 Å². The highest BCUT2D eigenvalue weighted by molar-refractivity contribution is 5.77. The maximum Gasteiger partial charge on any atom is 0.248 e. The Kier molecular flexibility index (Phi) is 5.93. The number of hydrogen-bond donors (Lipinski definition) is 2. The summed E-state index contributed by atoms with van der Waals surface area (Å²) in [5, 5.41) is 20.0. The molecule has 0 aliphatic carbocycles. The Bertz CT molecular complexity index is 560. The number of carbonyl (C=O) groups excluding carboxylic acids is 1. The van der Waals surface area contributed by atoms with Crippen molar-refractivity contribution in [1.29, 1.82) is 0 Å². The Balaban J connectivity index is 1.50. The average molecular weight is 347 g/mol. The molecular weight excluding hydrogens is 318 g/mol. The number of benzene rings is 1. The molecule has 2 heterocycles. The quantitative estimate of drug-likeness (QED) is 0.832. The van der Waals surface area contributed by atoms with Crippen LogP contribution in [0.25, 0.3) is 0 Å². The van der Waals surface area contributed by atoms with Crippen molar-refractivity contribution in [2.45, 2.75) is 24.9 Å². The first-order valence-corrected chi connectivity index (χ1v) is 9.23. The van der Waals surface area contributed by atoms with E-state index in [1.807, 2.05) is 6.07 Å². The number of piperazine rings is 1. The van der Waals surface area contributed by atoms with Crippen LogP contribution >= 0.6 is 0 Å². The molecule has 2 saturated heterocycles. The number of hydrogen-bond acceptors (Lipinski definition) is 5. The van der Waals surface area contributed by atoms with Gasteiger partial charge < -0.3 is 20.0 Å². The smallest absolute Gasteiger partial charge is 0.248 e. The monoisotopic (exact) mass is 347 g/mol. The number of anilines is 1. The lowest BCUT2D eigenvalue weighted by molar-refractivity contribution is -0.134. The lowest BCUT2D eigenvalue weighted by Gasteiger charge is -2.40. The Morgan fingerprint density at radius 2 is 1.72 bits per heavy atom. The first-order valence-electron chi connectivity index (χ1n) is 9.23. The molecule has 2 fully saturated rings. The summed E-state index contributed by atoms with van der Waals surface area (Å²) in [6.07, 6.45) is 2.07. The van der Waals surface area contributed by atoms with Crippen molar-refractivity contribution in [2.75, 3.05) is 57.3 Å². The summed E-state index contributed by atoms with van der Waals surface area (Å²) < 4.78 is 0. The molecule has 2 N–H and O–H groups in total. The molecule has 3 rings (SSSR count). The molecule has 138 valence electrons. The number of nitrogens with zero attached hydrogens (tertiary/aromatic N) is 3.